The Morgan fingerprint density at radius 2 is 2.31 bits per heavy atom. The van der Waals surface area contributed by atoms with Crippen LogP contribution in [0.4, 0.5) is 0 Å². The number of carboxylic acid groups (broad SMARTS) is 1. The van der Waals surface area contributed by atoms with E-state index in [-0.39, 0.29) is 5.56 Å². The number of fused-ring (bicyclic) bond motifs is 1. The van der Waals surface area contributed by atoms with E-state index in [4.69, 9.17) is 5.11 Å². The van der Waals surface area contributed by atoms with Gasteiger partial charge in [0.2, 0.25) is 0 Å². The number of carbonyl (C=O) groups is 1. The summed E-state index contributed by atoms with van der Waals surface area (Å²) in [7, 11) is 1.83. The van der Waals surface area contributed by atoms with E-state index >= 15 is 0 Å². The number of aromatic nitrogens is 3. The molecule has 0 saturated heterocycles. The summed E-state index contributed by atoms with van der Waals surface area (Å²) >= 11 is 0. The molecule has 0 atom stereocenters. The van der Waals surface area contributed by atoms with Gasteiger partial charge in [-0.25, -0.2) is 9.78 Å². The van der Waals surface area contributed by atoms with E-state index in [0.29, 0.717) is 5.92 Å². The molecule has 1 fully saturated rings. The highest BCUT2D eigenvalue weighted by atomic mass is 16.4. The lowest BCUT2D eigenvalue weighted by atomic mass is 10.1. The summed E-state index contributed by atoms with van der Waals surface area (Å²) in [6.45, 7) is 0. The first-order valence-electron chi connectivity index (χ1n) is 5.23. The first-order chi connectivity index (χ1) is 7.66. The lowest BCUT2D eigenvalue weighted by molar-refractivity contribution is 0.0696. The molecule has 1 N–H and O–H groups in total. The van der Waals surface area contributed by atoms with Crippen molar-refractivity contribution in [1.82, 2.24) is 14.8 Å². The number of pyridine rings is 1. The van der Waals surface area contributed by atoms with Crippen molar-refractivity contribution in [3.05, 3.63) is 23.5 Å². The molecule has 1 aliphatic rings. The topological polar surface area (TPSA) is 68.0 Å². The summed E-state index contributed by atoms with van der Waals surface area (Å²) < 4.78 is 1.72. The summed E-state index contributed by atoms with van der Waals surface area (Å²) in [6.07, 6.45) is 3.66. The van der Waals surface area contributed by atoms with Gasteiger partial charge in [-0.15, -0.1) is 0 Å². The average molecular weight is 217 g/mol. The van der Waals surface area contributed by atoms with Gasteiger partial charge >= 0.3 is 5.97 Å². The van der Waals surface area contributed by atoms with Crippen LogP contribution in [0.1, 0.15) is 34.8 Å². The number of rotatable bonds is 2. The molecule has 0 amide bonds. The van der Waals surface area contributed by atoms with Crippen molar-refractivity contribution in [1.29, 1.82) is 0 Å². The first kappa shape index (κ1) is 9.33. The number of hydrogen-bond donors (Lipinski definition) is 1. The van der Waals surface area contributed by atoms with Gasteiger partial charge in [0.25, 0.3) is 0 Å². The fourth-order valence-corrected chi connectivity index (χ4v) is 1.94. The standard InChI is InChI=1S/C11H11N3O2/c1-14-10-8(9(13-14)6-2-3-6)4-7(5-12-10)11(15)16/h4-6H,2-3H2,1H3,(H,15,16). The highest BCUT2D eigenvalue weighted by Gasteiger charge is 2.29. The maximum atomic E-state index is 10.9. The Bertz CT molecular complexity index is 584. The number of nitrogens with zero attached hydrogens (tertiary/aromatic N) is 3. The molecule has 82 valence electrons. The van der Waals surface area contributed by atoms with Crippen LogP contribution in [0.2, 0.25) is 0 Å². The molecule has 1 aliphatic carbocycles. The molecule has 2 heterocycles. The van der Waals surface area contributed by atoms with Gasteiger partial charge in [-0.2, -0.15) is 5.10 Å². The Morgan fingerprint density at radius 3 is 2.94 bits per heavy atom. The molecule has 1 saturated carbocycles. The summed E-state index contributed by atoms with van der Waals surface area (Å²) in [6, 6.07) is 1.67. The third-order valence-corrected chi connectivity index (χ3v) is 2.92. The van der Waals surface area contributed by atoms with Gasteiger partial charge in [-0.1, -0.05) is 0 Å². The minimum Gasteiger partial charge on any atom is -0.478 e. The van der Waals surface area contributed by atoms with E-state index in [1.807, 2.05) is 7.05 Å². The molecule has 0 aliphatic heterocycles. The Kier molecular flexibility index (Phi) is 1.77. The SMILES string of the molecule is Cn1nc(C2CC2)c2cc(C(=O)O)cnc21. The monoisotopic (exact) mass is 217 g/mol. The molecule has 0 bridgehead atoms. The largest absolute Gasteiger partial charge is 0.478 e. The van der Waals surface area contributed by atoms with Crippen molar-refractivity contribution in [2.24, 2.45) is 7.05 Å². The van der Waals surface area contributed by atoms with Crippen LogP contribution in [0, 0.1) is 0 Å². The fourth-order valence-electron chi connectivity index (χ4n) is 1.94. The van der Waals surface area contributed by atoms with Gasteiger partial charge in [0.05, 0.1) is 11.3 Å². The van der Waals surface area contributed by atoms with Crippen LogP contribution < -0.4 is 0 Å². The van der Waals surface area contributed by atoms with Crippen molar-refractivity contribution in [2.75, 3.05) is 0 Å². The lowest BCUT2D eigenvalue weighted by Crippen LogP contribution is -1.98. The molecule has 0 radical (unpaired) electrons. The number of hydrogen-bond acceptors (Lipinski definition) is 3. The molecular weight excluding hydrogens is 206 g/mol. The zero-order chi connectivity index (χ0) is 11.3. The second-order valence-corrected chi connectivity index (χ2v) is 4.18. The Morgan fingerprint density at radius 1 is 1.56 bits per heavy atom. The van der Waals surface area contributed by atoms with Gasteiger partial charge < -0.3 is 5.11 Å². The van der Waals surface area contributed by atoms with Crippen molar-refractivity contribution in [3.8, 4) is 0 Å². The molecule has 5 nitrogen and oxygen atoms in total. The van der Waals surface area contributed by atoms with E-state index in [2.05, 4.69) is 10.1 Å². The van der Waals surface area contributed by atoms with Crippen LogP contribution in [0.25, 0.3) is 11.0 Å². The van der Waals surface area contributed by atoms with Crippen LogP contribution in [0.15, 0.2) is 12.3 Å². The van der Waals surface area contributed by atoms with Crippen molar-refractivity contribution < 1.29 is 9.90 Å². The molecule has 0 unspecified atom stereocenters. The summed E-state index contributed by atoms with van der Waals surface area (Å²) in [4.78, 5) is 15.0. The maximum absolute atomic E-state index is 10.9. The average Bonchev–Trinajstić information content (AvgIpc) is 3.04. The van der Waals surface area contributed by atoms with E-state index in [1.165, 1.54) is 6.20 Å². The van der Waals surface area contributed by atoms with Gasteiger partial charge in [-0.05, 0) is 18.9 Å². The van der Waals surface area contributed by atoms with E-state index < -0.39 is 5.97 Å². The van der Waals surface area contributed by atoms with E-state index in [9.17, 15) is 4.79 Å². The van der Waals surface area contributed by atoms with Gasteiger partial charge in [0, 0.05) is 24.5 Å². The zero-order valence-electron chi connectivity index (χ0n) is 8.84. The molecule has 5 heteroatoms. The normalized spacial score (nSPS) is 15.6. The minimum atomic E-state index is -0.944. The van der Waals surface area contributed by atoms with E-state index in [0.717, 1.165) is 29.6 Å². The van der Waals surface area contributed by atoms with Crippen LogP contribution in [0.3, 0.4) is 0 Å². The predicted molar refractivity (Wildman–Crippen MR) is 57.4 cm³/mol. The van der Waals surface area contributed by atoms with Crippen molar-refractivity contribution in [2.45, 2.75) is 18.8 Å². The first-order valence-corrected chi connectivity index (χ1v) is 5.23. The smallest absolute Gasteiger partial charge is 0.337 e. The zero-order valence-corrected chi connectivity index (χ0v) is 8.84. The summed E-state index contributed by atoms with van der Waals surface area (Å²) in [5.41, 5.74) is 1.97. The molecule has 16 heavy (non-hydrogen) atoms. The van der Waals surface area contributed by atoms with Crippen LogP contribution >= 0.6 is 0 Å². The highest BCUT2D eigenvalue weighted by Crippen LogP contribution is 2.42. The third-order valence-electron chi connectivity index (χ3n) is 2.92. The highest BCUT2D eigenvalue weighted by molar-refractivity contribution is 5.92. The van der Waals surface area contributed by atoms with Crippen LogP contribution in [-0.4, -0.2) is 25.8 Å². The van der Waals surface area contributed by atoms with Crippen molar-refractivity contribution in [3.63, 3.8) is 0 Å². The molecule has 3 rings (SSSR count). The second kappa shape index (κ2) is 3.04. The fraction of sp³-hybridized carbons (Fsp3) is 0.364. The third kappa shape index (κ3) is 1.28. The molecular formula is C11H11N3O2. The van der Waals surface area contributed by atoms with Crippen LogP contribution in [0.5, 0.6) is 0 Å². The van der Waals surface area contributed by atoms with Crippen LogP contribution in [-0.2, 0) is 7.05 Å². The maximum Gasteiger partial charge on any atom is 0.337 e. The summed E-state index contributed by atoms with van der Waals surface area (Å²) in [5.74, 6) is -0.449. The molecule has 0 spiro atoms. The lowest BCUT2D eigenvalue weighted by Gasteiger charge is -1.96. The minimum absolute atomic E-state index is 0.224. The van der Waals surface area contributed by atoms with Crippen molar-refractivity contribution >= 4 is 17.0 Å². The Hall–Kier alpha value is -1.91. The molecule has 0 aromatic carbocycles. The number of carboxylic acids is 1. The Balaban J connectivity index is 2.26. The number of aryl methyl sites for hydroxylation is 1. The second-order valence-electron chi connectivity index (χ2n) is 4.18. The number of aromatic carboxylic acids is 1. The molecule has 2 aromatic rings. The predicted octanol–water partition coefficient (Wildman–Crippen LogP) is 1.54. The van der Waals surface area contributed by atoms with E-state index in [1.54, 1.807) is 10.7 Å². The quantitative estimate of drug-likeness (QED) is 0.828. The van der Waals surface area contributed by atoms with Gasteiger partial charge in [0.15, 0.2) is 5.65 Å². The Labute approximate surface area is 91.7 Å². The molecule has 2 aromatic heterocycles. The summed E-state index contributed by atoms with van der Waals surface area (Å²) in [5, 5.41) is 14.2. The van der Waals surface area contributed by atoms with Gasteiger partial charge in [-0.3, -0.25) is 4.68 Å². The van der Waals surface area contributed by atoms with Gasteiger partial charge in [0.1, 0.15) is 0 Å².